The molecule has 2 unspecified atom stereocenters. The van der Waals surface area contributed by atoms with E-state index < -0.39 is 0 Å². The average molecular weight is 234 g/mol. The fourth-order valence-corrected chi connectivity index (χ4v) is 2.38. The lowest BCUT2D eigenvalue weighted by Gasteiger charge is -2.23. The molecule has 0 amide bonds. The van der Waals surface area contributed by atoms with Crippen LogP contribution >= 0.6 is 0 Å². The summed E-state index contributed by atoms with van der Waals surface area (Å²) in [7, 11) is 0. The predicted octanol–water partition coefficient (Wildman–Crippen LogP) is 2.03. The Hall–Kier alpha value is -0.930. The molecule has 0 aromatic carbocycles. The van der Waals surface area contributed by atoms with Crippen LogP contribution in [0.1, 0.15) is 25.3 Å². The van der Waals surface area contributed by atoms with Gasteiger partial charge in [-0.25, -0.2) is 0 Å². The van der Waals surface area contributed by atoms with Crippen molar-refractivity contribution in [1.82, 2.24) is 10.3 Å². The van der Waals surface area contributed by atoms with E-state index in [-0.39, 0.29) is 0 Å². The minimum atomic E-state index is 0.542. The lowest BCUT2D eigenvalue weighted by molar-refractivity contribution is 0.176. The summed E-state index contributed by atoms with van der Waals surface area (Å²) in [4.78, 5) is 4.07. The first-order valence-corrected chi connectivity index (χ1v) is 6.60. The Morgan fingerprint density at radius 3 is 2.94 bits per heavy atom. The summed E-state index contributed by atoms with van der Waals surface area (Å²) in [5, 5.41) is 3.66. The fraction of sp³-hybridized carbons (Fsp3) is 0.643. The van der Waals surface area contributed by atoms with E-state index in [2.05, 4.69) is 29.4 Å². The van der Waals surface area contributed by atoms with Gasteiger partial charge in [0, 0.05) is 31.0 Å². The van der Waals surface area contributed by atoms with Gasteiger partial charge in [0.05, 0.1) is 6.61 Å². The molecule has 1 saturated heterocycles. The largest absolute Gasteiger partial charge is 0.381 e. The summed E-state index contributed by atoms with van der Waals surface area (Å²) in [6.45, 7) is 5.13. The maximum absolute atomic E-state index is 5.50. The molecule has 1 aromatic rings. The third kappa shape index (κ3) is 3.79. The molecule has 0 spiro atoms. The second-order valence-electron chi connectivity index (χ2n) is 4.74. The molecule has 3 heteroatoms. The zero-order valence-corrected chi connectivity index (χ0v) is 10.6. The fourth-order valence-electron chi connectivity index (χ4n) is 2.38. The predicted molar refractivity (Wildman–Crippen MR) is 68.9 cm³/mol. The minimum absolute atomic E-state index is 0.542. The highest BCUT2D eigenvalue weighted by Crippen LogP contribution is 2.19. The molecule has 1 aliphatic rings. The van der Waals surface area contributed by atoms with Crippen molar-refractivity contribution in [3.63, 3.8) is 0 Å². The molecule has 1 aromatic heterocycles. The van der Waals surface area contributed by atoms with Crippen molar-refractivity contribution < 1.29 is 4.74 Å². The lowest BCUT2D eigenvalue weighted by atomic mass is 9.93. The van der Waals surface area contributed by atoms with Crippen LogP contribution in [0.2, 0.25) is 0 Å². The van der Waals surface area contributed by atoms with Gasteiger partial charge in [0.1, 0.15) is 0 Å². The number of nitrogens with one attached hydrogen (secondary N) is 1. The van der Waals surface area contributed by atoms with E-state index >= 15 is 0 Å². The maximum atomic E-state index is 5.50. The van der Waals surface area contributed by atoms with E-state index in [1.807, 2.05) is 12.4 Å². The van der Waals surface area contributed by atoms with Crippen LogP contribution in [-0.4, -0.2) is 30.8 Å². The van der Waals surface area contributed by atoms with E-state index in [4.69, 9.17) is 4.74 Å². The number of aromatic nitrogens is 1. The van der Waals surface area contributed by atoms with Gasteiger partial charge < -0.3 is 10.1 Å². The lowest BCUT2D eigenvalue weighted by Crippen LogP contribution is -2.38. The zero-order valence-electron chi connectivity index (χ0n) is 10.6. The van der Waals surface area contributed by atoms with E-state index in [0.717, 1.165) is 26.2 Å². The summed E-state index contributed by atoms with van der Waals surface area (Å²) in [5.41, 5.74) is 1.36. The molecule has 1 N–H and O–H groups in total. The van der Waals surface area contributed by atoms with E-state index in [1.54, 1.807) is 0 Å². The second kappa shape index (κ2) is 6.72. The molecule has 0 aliphatic carbocycles. The molecule has 0 bridgehead atoms. The summed E-state index contributed by atoms with van der Waals surface area (Å²) < 4.78 is 5.50. The maximum Gasteiger partial charge on any atom is 0.0510 e. The van der Waals surface area contributed by atoms with E-state index in [1.165, 1.54) is 18.4 Å². The summed E-state index contributed by atoms with van der Waals surface area (Å²) in [5.74, 6) is 0.662. The quantitative estimate of drug-likeness (QED) is 0.818. The molecule has 2 atom stereocenters. The molecule has 0 saturated carbocycles. The molecule has 94 valence electrons. The molecule has 2 rings (SSSR count). The first-order chi connectivity index (χ1) is 8.40. The molecule has 17 heavy (non-hydrogen) atoms. The van der Waals surface area contributed by atoms with Crippen molar-refractivity contribution in [1.29, 1.82) is 0 Å². The van der Waals surface area contributed by atoms with Crippen molar-refractivity contribution in [2.75, 3.05) is 19.8 Å². The standard InChI is InChI=1S/C14H22N2O/c1-2-6-16-14(13-5-9-17-11-13)10-12-3-7-15-8-4-12/h3-4,7-8,13-14,16H,2,5-6,9-11H2,1H3. The van der Waals surface area contributed by atoms with Crippen molar-refractivity contribution >= 4 is 0 Å². The monoisotopic (exact) mass is 234 g/mol. The minimum Gasteiger partial charge on any atom is -0.381 e. The van der Waals surface area contributed by atoms with E-state index in [9.17, 15) is 0 Å². The molecule has 1 fully saturated rings. The van der Waals surface area contributed by atoms with Crippen LogP contribution in [0, 0.1) is 5.92 Å². The van der Waals surface area contributed by atoms with Crippen molar-refractivity contribution in [3.8, 4) is 0 Å². The highest BCUT2D eigenvalue weighted by molar-refractivity contribution is 5.12. The van der Waals surface area contributed by atoms with Crippen LogP contribution in [0.25, 0.3) is 0 Å². The Morgan fingerprint density at radius 1 is 1.47 bits per heavy atom. The summed E-state index contributed by atoms with van der Waals surface area (Å²) in [6, 6.07) is 4.76. The average Bonchev–Trinajstić information content (AvgIpc) is 2.89. The number of ether oxygens (including phenoxy) is 1. The van der Waals surface area contributed by atoms with Gasteiger partial charge in [0.25, 0.3) is 0 Å². The zero-order chi connectivity index (χ0) is 11.9. The third-order valence-corrected chi connectivity index (χ3v) is 3.40. The van der Waals surface area contributed by atoms with Crippen LogP contribution < -0.4 is 5.32 Å². The normalized spacial score (nSPS) is 21.6. The van der Waals surface area contributed by atoms with Crippen molar-refractivity contribution in [2.45, 2.75) is 32.2 Å². The van der Waals surface area contributed by atoms with Crippen molar-refractivity contribution in [3.05, 3.63) is 30.1 Å². The van der Waals surface area contributed by atoms with Crippen LogP contribution in [0.3, 0.4) is 0 Å². The smallest absolute Gasteiger partial charge is 0.0510 e. The number of rotatable bonds is 6. The van der Waals surface area contributed by atoms with Crippen LogP contribution in [0.5, 0.6) is 0 Å². The molecule has 0 radical (unpaired) electrons. The summed E-state index contributed by atoms with van der Waals surface area (Å²) in [6.07, 6.45) is 7.19. The van der Waals surface area contributed by atoms with Crippen LogP contribution in [0.4, 0.5) is 0 Å². The highest BCUT2D eigenvalue weighted by atomic mass is 16.5. The molecule has 2 heterocycles. The Bertz CT molecular complexity index is 309. The van der Waals surface area contributed by atoms with Crippen LogP contribution in [-0.2, 0) is 11.2 Å². The van der Waals surface area contributed by atoms with Gasteiger partial charge in [-0.15, -0.1) is 0 Å². The SMILES string of the molecule is CCCNC(Cc1ccncc1)C1CCOC1. The molecule has 1 aliphatic heterocycles. The van der Waals surface area contributed by atoms with Gasteiger partial charge in [0.2, 0.25) is 0 Å². The first kappa shape index (κ1) is 12.5. The molecule has 3 nitrogen and oxygen atoms in total. The number of nitrogens with zero attached hydrogens (tertiary/aromatic N) is 1. The van der Waals surface area contributed by atoms with Gasteiger partial charge in [-0.05, 0) is 43.5 Å². The molecular weight excluding hydrogens is 212 g/mol. The third-order valence-electron chi connectivity index (χ3n) is 3.40. The number of hydrogen-bond donors (Lipinski definition) is 1. The second-order valence-corrected chi connectivity index (χ2v) is 4.74. The Labute approximate surface area is 104 Å². The van der Waals surface area contributed by atoms with Crippen molar-refractivity contribution in [2.24, 2.45) is 5.92 Å². The first-order valence-electron chi connectivity index (χ1n) is 6.60. The van der Waals surface area contributed by atoms with E-state index in [0.29, 0.717) is 12.0 Å². The Morgan fingerprint density at radius 2 is 2.29 bits per heavy atom. The Kier molecular flexibility index (Phi) is 4.95. The summed E-state index contributed by atoms with van der Waals surface area (Å²) >= 11 is 0. The van der Waals surface area contributed by atoms with Gasteiger partial charge in [-0.3, -0.25) is 4.98 Å². The van der Waals surface area contributed by atoms with Gasteiger partial charge >= 0.3 is 0 Å². The molecular formula is C14H22N2O. The van der Waals surface area contributed by atoms with Gasteiger partial charge in [0.15, 0.2) is 0 Å². The number of pyridine rings is 1. The Balaban J connectivity index is 1.94. The van der Waals surface area contributed by atoms with Gasteiger partial charge in [-0.2, -0.15) is 0 Å². The van der Waals surface area contributed by atoms with Crippen LogP contribution in [0.15, 0.2) is 24.5 Å². The number of hydrogen-bond acceptors (Lipinski definition) is 3. The highest BCUT2D eigenvalue weighted by Gasteiger charge is 2.25. The topological polar surface area (TPSA) is 34.2 Å². The van der Waals surface area contributed by atoms with Gasteiger partial charge in [-0.1, -0.05) is 6.92 Å².